The molecule has 0 fully saturated rings. The third kappa shape index (κ3) is 2.71. The zero-order valence-corrected chi connectivity index (χ0v) is 11.4. The Kier molecular flexibility index (Phi) is 3.67. The third-order valence-electron chi connectivity index (χ3n) is 2.51. The molecule has 0 aliphatic carbocycles. The van der Waals surface area contributed by atoms with Gasteiger partial charge in [-0.2, -0.15) is 0 Å². The van der Waals surface area contributed by atoms with Gasteiger partial charge < -0.3 is 10.5 Å². The van der Waals surface area contributed by atoms with E-state index in [1.807, 2.05) is 0 Å². The second kappa shape index (κ2) is 5.23. The van der Waals surface area contributed by atoms with E-state index >= 15 is 0 Å². The number of rotatable bonds is 3. The van der Waals surface area contributed by atoms with Crippen molar-refractivity contribution in [2.75, 3.05) is 12.8 Å². The summed E-state index contributed by atoms with van der Waals surface area (Å²) in [5.41, 5.74) is 7.40. The number of anilines is 1. The summed E-state index contributed by atoms with van der Waals surface area (Å²) in [6, 6.07) is 12.2. The molecule has 2 rings (SSSR count). The van der Waals surface area contributed by atoms with Crippen LogP contribution < -0.4 is 10.5 Å². The Bertz CT molecular complexity index is 576. The van der Waals surface area contributed by atoms with Crippen molar-refractivity contribution in [3.63, 3.8) is 0 Å². The van der Waals surface area contributed by atoms with E-state index in [0.29, 0.717) is 22.6 Å². The Morgan fingerprint density at radius 2 is 1.94 bits per heavy atom. The normalized spacial score (nSPS) is 10.1. The summed E-state index contributed by atoms with van der Waals surface area (Å²) in [4.78, 5) is 12.3. The molecule has 3 nitrogen and oxygen atoms in total. The minimum atomic E-state index is -0.0816. The van der Waals surface area contributed by atoms with Crippen LogP contribution in [0.5, 0.6) is 5.75 Å². The highest BCUT2D eigenvalue weighted by molar-refractivity contribution is 9.10. The maximum absolute atomic E-state index is 12.3. The van der Waals surface area contributed by atoms with Crippen LogP contribution in [0.25, 0.3) is 0 Å². The standard InChI is InChI=1S/C14H12BrNO2/c1-18-13-4-2-3-9(7-13)14(17)10-5-11(15)8-12(16)6-10/h2-8H,16H2,1H3. The molecule has 92 valence electrons. The van der Waals surface area contributed by atoms with Crippen LogP contribution in [0.3, 0.4) is 0 Å². The lowest BCUT2D eigenvalue weighted by Crippen LogP contribution is -2.02. The molecule has 2 aromatic carbocycles. The number of halogens is 1. The van der Waals surface area contributed by atoms with Crippen LogP contribution in [0.4, 0.5) is 5.69 Å². The fourth-order valence-corrected chi connectivity index (χ4v) is 2.19. The zero-order chi connectivity index (χ0) is 13.1. The molecule has 0 unspecified atom stereocenters. The minimum Gasteiger partial charge on any atom is -0.497 e. The molecule has 0 saturated heterocycles. The number of nitrogens with two attached hydrogens (primary N) is 1. The lowest BCUT2D eigenvalue weighted by molar-refractivity contribution is 0.103. The SMILES string of the molecule is COc1cccc(C(=O)c2cc(N)cc(Br)c2)c1. The molecule has 0 spiro atoms. The molecular weight excluding hydrogens is 294 g/mol. The summed E-state index contributed by atoms with van der Waals surface area (Å²) in [6.07, 6.45) is 0. The number of ketones is 1. The molecule has 0 aliphatic rings. The monoisotopic (exact) mass is 305 g/mol. The Morgan fingerprint density at radius 1 is 1.17 bits per heavy atom. The molecule has 0 heterocycles. The van der Waals surface area contributed by atoms with E-state index in [2.05, 4.69) is 15.9 Å². The van der Waals surface area contributed by atoms with Crippen LogP contribution in [0.2, 0.25) is 0 Å². The molecule has 18 heavy (non-hydrogen) atoms. The lowest BCUT2D eigenvalue weighted by atomic mass is 10.0. The Morgan fingerprint density at radius 3 is 2.61 bits per heavy atom. The number of hydrogen-bond donors (Lipinski definition) is 1. The fraction of sp³-hybridized carbons (Fsp3) is 0.0714. The second-order valence-corrected chi connectivity index (χ2v) is 4.75. The van der Waals surface area contributed by atoms with Gasteiger partial charge in [0.15, 0.2) is 5.78 Å². The van der Waals surface area contributed by atoms with Crippen LogP contribution in [0.15, 0.2) is 46.9 Å². The van der Waals surface area contributed by atoms with E-state index in [4.69, 9.17) is 10.5 Å². The molecule has 0 bridgehead atoms. The van der Waals surface area contributed by atoms with Gasteiger partial charge in [0, 0.05) is 21.3 Å². The van der Waals surface area contributed by atoms with Crippen LogP contribution in [-0.4, -0.2) is 12.9 Å². The van der Waals surface area contributed by atoms with Gasteiger partial charge in [0.05, 0.1) is 7.11 Å². The molecule has 0 radical (unpaired) electrons. The van der Waals surface area contributed by atoms with Crippen molar-refractivity contribution in [2.45, 2.75) is 0 Å². The molecule has 0 aliphatic heterocycles. The summed E-state index contributed by atoms with van der Waals surface area (Å²) in [7, 11) is 1.57. The summed E-state index contributed by atoms with van der Waals surface area (Å²) in [5, 5.41) is 0. The van der Waals surface area contributed by atoms with Crippen molar-refractivity contribution in [1.29, 1.82) is 0 Å². The smallest absolute Gasteiger partial charge is 0.193 e. The zero-order valence-electron chi connectivity index (χ0n) is 9.81. The van der Waals surface area contributed by atoms with E-state index in [-0.39, 0.29) is 5.78 Å². The van der Waals surface area contributed by atoms with Crippen molar-refractivity contribution in [3.05, 3.63) is 58.1 Å². The predicted molar refractivity (Wildman–Crippen MR) is 75.0 cm³/mol. The van der Waals surface area contributed by atoms with Gasteiger partial charge >= 0.3 is 0 Å². The minimum absolute atomic E-state index is 0.0816. The van der Waals surface area contributed by atoms with Crippen molar-refractivity contribution in [1.82, 2.24) is 0 Å². The average molecular weight is 306 g/mol. The molecule has 2 aromatic rings. The van der Waals surface area contributed by atoms with E-state index in [1.54, 1.807) is 49.6 Å². The van der Waals surface area contributed by atoms with Gasteiger partial charge in [-0.05, 0) is 30.3 Å². The first-order valence-electron chi connectivity index (χ1n) is 5.35. The first-order chi connectivity index (χ1) is 8.60. The summed E-state index contributed by atoms with van der Waals surface area (Å²) >= 11 is 3.33. The first kappa shape index (κ1) is 12.6. The second-order valence-electron chi connectivity index (χ2n) is 3.83. The van der Waals surface area contributed by atoms with Crippen LogP contribution in [0.1, 0.15) is 15.9 Å². The molecule has 2 N–H and O–H groups in total. The van der Waals surface area contributed by atoms with Crippen LogP contribution in [0, 0.1) is 0 Å². The number of carbonyl (C=O) groups excluding carboxylic acids is 1. The van der Waals surface area contributed by atoms with Gasteiger partial charge in [0.25, 0.3) is 0 Å². The van der Waals surface area contributed by atoms with Crippen molar-refractivity contribution in [3.8, 4) is 5.75 Å². The number of benzene rings is 2. The quantitative estimate of drug-likeness (QED) is 0.699. The Balaban J connectivity index is 2.41. The molecule has 0 aromatic heterocycles. The molecular formula is C14H12BrNO2. The molecule has 0 atom stereocenters. The van der Waals surface area contributed by atoms with Gasteiger partial charge in [-0.3, -0.25) is 4.79 Å². The maximum Gasteiger partial charge on any atom is 0.193 e. The highest BCUT2D eigenvalue weighted by Gasteiger charge is 2.11. The van der Waals surface area contributed by atoms with Gasteiger partial charge in [-0.1, -0.05) is 28.1 Å². The summed E-state index contributed by atoms with van der Waals surface area (Å²) in [5.74, 6) is 0.575. The number of methoxy groups -OCH3 is 1. The van der Waals surface area contributed by atoms with Gasteiger partial charge in [0.1, 0.15) is 5.75 Å². The Hall–Kier alpha value is -1.81. The molecule has 0 saturated carbocycles. The van der Waals surface area contributed by atoms with E-state index in [0.717, 1.165) is 4.47 Å². The van der Waals surface area contributed by atoms with Crippen molar-refractivity contribution >= 4 is 27.4 Å². The van der Waals surface area contributed by atoms with E-state index < -0.39 is 0 Å². The van der Waals surface area contributed by atoms with Crippen molar-refractivity contribution < 1.29 is 9.53 Å². The Labute approximate surface area is 114 Å². The molecule has 0 amide bonds. The highest BCUT2D eigenvalue weighted by Crippen LogP contribution is 2.21. The fourth-order valence-electron chi connectivity index (χ4n) is 1.67. The number of hydrogen-bond acceptors (Lipinski definition) is 3. The topological polar surface area (TPSA) is 52.3 Å². The van der Waals surface area contributed by atoms with Gasteiger partial charge in [-0.15, -0.1) is 0 Å². The number of carbonyl (C=O) groups is 1. The summed E-state index contributed by atoms with van der Waals surface area (Å²) < 4.78 is 5.89. The van der Waals surface area contributed by atoms with E-state index in [9.17, 15) is 4.79 Å². The first-order valence-corrected chi connectivity index (χ1v) is 6.14. The van der Waals surface area contributed by atoms with Gasteiger partial charge in [0.2, 0.25) is 0 Å². The van der Waals surface area contributed by atoms with E-state index in [1.165, 1.54) is 0 Å². The molecule has 4 heteroatoms. The van der Waals surface area contributed by atoms with Crippen LogP contribution in [-0.2, 0) is 0 Å². The predicted octanol–water partition coefficient (Wildman–Crippen LogP) is 3.27. The summed E-state index contributed by atoms with van der Waals surface area (Å²) in [6.45, 7) is 0. The largest absolute Gasteiger partial charge is 0.497 e. The van der Waals surface area contributed by atoms with Crippen LogP contribution >= 0.6 is 15.9 Å². The maximum atomic E-state index is 12.3. The average Bonchev–Trinajstić information content (AvgIpc) is 2.37. The number of nitrogen functional groups attached to an aromatic ring is 1. The van der Waals surface area contributed by atoms with Gasteiger partial charge in [-0.25, -0.2) is 0 Å². The lowest BCUT2D eigenvalue weighted by Gasteiger charge is -2.05. The number of ether oxygens (including phenoxy) is 1. The van der Waals surface area contributed by atoms with Crippen molar-refractivity contribution in [2.24, 2.45) is 0 Å². The highest BCUT2D eigenvalue weighted by atomic mass is 79.9. The third-order valence-corrected chi connectivity index (χ3v) is 2.97.